The Labute approximate surface area is 125 Å². The van der Waals surface area contributed by atoms with Crippen molar-refractivity contribution >= 4 is 5.91 Å². The van der Waals surface area contributed by atoms with Gasteiger partial charge in [-0.25, -0.2) is 0 Å². The Morgan fingerprint density at radius 2 is 2.33 bits per heavy atom. The third kappa shape index (κ3) is 4.07. The molecule has 1 fully saturated rings. The molecule has 1 amide bonds. The van der Waals surface area contributed by atoms with Crippen LogP contribution in [0.1, 0.15) is 34.8 Å². The van der Waals surface area contributed by atoms with Crippen LogP contribution in [0.3, 0.4) is 0 Å². The van der Waals surface area contributed by atoms with E-state index in [-0.39, 0.29) is 18.6 Å². The SMILES string of the molecule is Cc1ccc(C(=O)N2CCCOC(C)C2)c(C#CCO)c1. The number of rotatable bonds is 1. The summed E-state index contributed by atoms with van der Waals surface area (Å²) in [4.78, 5) is 14.6. The topological polar surface area (TPSA) is 49.8 Å². The molecule has 1 unspecified atom stereocenters. The van der Waals surface area contributed by atoms with E-state index >= 15 is 0 Å². The lowest BCUT2D eigenvalue weighted by Crippen LogP contribution is -2.36. The van der Waals surface area contributed by atoms with Gasteiger partial charge in [0.1, 0.15) is 6.61 Å². The van der Waals surface area contributed by atoms with Gasteiger partial charge in [-0.3, -0.25) is 4.79 Å². The van der Waals surface area contributed by atoms with Crippen LogP contribution in [0, 0.1) is 18.8 Å². The maximum absolute atomic E-state index is 12.7. The molecule has 112 valence electrons. The summed E-state index contributed by atoms with van der Waals surface area (Å²) in [5, 5.41) is 8.86. The van der Waals surface area contributed by atoms with Gasteiger partial charge in [-0.1, -0.05) is 17.9 Å². The Bertz CT molecular complexity index is 571. The summed E-state index contributed by atoms with van der Waals surface area (Å²) >= 11 is 0. The van der Waals surface area contributed by atoms with E-state index in [1.54, 1.807) is 0 Å². The second-order valence-electron chi connectivity index (χ2n) is 5.30. The van der Waals surface area contributed by atoms with Gasteiger partial charge >= 0.3 is 0 Å². The Hall–Kier alpha value is -1.83. The van der Waals surface area contributed by atoms with Crippen LogP contribution in [0.2, 0.25) is 0 Å². The van der Waals surface area contributed by atoms with Crippen LogP contribution in [0.4, 0.5) is 0 Å². The minimum absolute atomic E-state index is 0.0189. The highest BCUT2D eigenvalue weighted by molar-refractivity contribution is 5.97. The predicted octanol–water partition coefficient (Wildman–Crippen LogP) is 1.59. The highest BCUT2D eigenvalue weighted by Crippen LogP contribution is 2.16. The zero-order valence-electron chi connectivity index (χ0n) is 12.6. The van der Waals surface area contributed by atoms with E-state index in [0.717, 1.165) is 12.0 Å². The lowest BCUT2D eigenvalue weighted by Gasteiger charge is -2.23. The summed E-state index contributed by atoms with van der Waals surface area (Å²) in [7, 11) is 0. The molecule has 0 aromatic heterocycles. The van der Waals surface area contributed by atoms with Crippen molar-refractivity contribution in [1.29, 1.82) is 0 Å². The predicted molar refractivity (Wildman–Crippen MR) is 81.1 cm³/mol. The molecule has 4 nitrogen and oxygen atoms in total. The molecule has 1 aliphatic rings. The summed E-state index contributed by atoms with van der Waals surface area (Å²) in [5.74, 6) is 5.47. The number of carbonyl (C=O) groups is 1. The summed E-state index contributed by atoms with van der Waals surface area (Å²) in [5.41, 5.74) is 2.31. The summed E-state index contributed by atoms with van der Waals surface area (Å²) in [6.07, 6.45) is 0.897. The number of ether oxygens (including phenoxy) is 1. The van der Waals surface area contributed by atoms with Gasteiger partial charge in [-0.05, 0) is 38.0 Å². The smallest absolute Gasteiger partial charge is 0.255 e. The van der Waals surface area contributed by atoms with E-state index in [1.807, 2.05) is 36.9 Å². The fraction of sp³-hybridized carbons (Fsp3) is 0.471. The average molecular weight is 287 g/mol. The number of aryl methyl sites for hydroxylation is 1. The molecule has 21 heavy (non-hydrogen) atoms. The molecule has 1 aromatic carbocycles. The number of benzene rings is 1. The van der Waals surface area contributed by atoms with Gasteiger partial charge in [-0.2, -0.15) is 0 Å². The van der Waals surface area contributed by atoms with Gasteiger partial charge in [0.2, 0.25) is 0 Å². The monoisotopic (exact) mass is 287 g/mol. The molecule has 1 atom stereocenters. The largest absolute Gasteiger partial charge is 0.384 e. The van der Waals surface area contributed by atoms with E-state index < -0.39 is 0 Å². The van der Waals surface area contributed by atoms with Crippen molar-refractivity contribution in [1.82, 2.24) is 4.90 Å². The van der Waals surface area contributed by atoms with Crippen LogP contribution >= 0.6 is 0 Å². The Morgan fingerprint density at radius 3 is 3.10 bits per heavy atom. The Balaban J connectivity index is 2.29. The molecule has 0 bridgehead atoms. The first-order valence-corrected chi connectivity index (χ1v) is 7.23. The van der Waals surface area contributed by atoms with Gasteiger partial charge < -0.3 is 14.7 Å². The van der Waals surface area contributed by atoms with Gasteiger partial charge in [0, 0.05) is 25.3 Å². The van der Waals surface area contributed by atoms with Crippen LogP contribution in [-0.2, 0) is 4.74 Å². The van der Waals surface area contributed by atoms with Gasteiger partial charge in [-0.15, -0.1) is 0 Å². The number of hydrogen-bond donors (Lipinski definition) is 1. The first-order chi connectivity index (χ1) is 10.1. The van der Waals surface area contributed by atoms with Crippen LogP contribution in [-0.4, -0.2) is 48.3 Å². The summed E-state index contributed by atoms with van der Waals surface area (Å²) in [6.45, 7) is 5.71. The number of nitrogens with zero attached hydrogens (tertiary/aromatic N) is 1. The molecule has 1 aromatic rings. The van der Waals surface area contributed by atoms with Crippen molar-refractivity contribution in [3.63, 3.8) is 0 Å². The van der Waals surface area contributed by atoms with E-state index in [0.29, 0.717) is 30.8 Å². The standard InChI is InChI=1S/C17H21NO3/c1-13-6-7-16(15(11-13)5-3-9-19)17(20)18-8-4-10-21-14(2)12-18/h6-7,11,14,19H,4,8-10,12H2,1-2H3. The third-order valence-electron chi connectivity index (χ3n) is 3.45. The molecular formula is C17H21NO3. The lowest BCUT2D eigenvalue weighted by molar-refractivity contribution is 0.0562. The first kappa shape index (κ1) is 15.6. The zero-order chi connectivity index (χ0) is 15.2. The van der Waals surface area contributed by atoms with Crippen LogP contribution in [0.25, 0.3) is 0 Å². The minimum atomic E-state index is -0.212. The Morgan fingerprint density at radius 1 is 1.52 bits per heavy atom. The van der Waals surface area contributed by atoms with Crippen molar-refractivity contribution in [2.45, 2.75) is 26.4 Å². The number of carbonyl (C=O) groups excluding carboxylic acids is 1. The molecule has 1 saturated heterocycles. The average Bonchev–Trinajstić information content (AvgIpc) is 2.69. The molecule has 4 heteroatoms. The molecule has 1 heterocycles. The lowest BCUT2D eigenvalue weighted by atomic mass is 10.0. The van der Waals surface area contributed by atoms with Crippen molar-refractivity contribution in [2.75, 3.05) is 26.3 Å². The molecule has 0 radical (unpaired) electrons. The molecule has 1 N–H and O–H groups in total. The number of hydrogen-bond acceptors (Lipinski definition) is 3. The fourth-order valence-electron chi connectivity index (χ4n) is 2.43. The fourth-order valence-corrected chi connectivity index (χ4v) is 2.43. The van der Waals surface area contributed by atoms with E-state index in [1.165, 1.54) is 0 Å². The number of aliphatic hydroxyl groups excluding tert-OH is 1. The molecule has 1 aliphatic heterocycles. The Kier molecular flexibility index (Phi) is 5.38. The maximum atomic E-state index is 12.7. The quantitative estimate of drug-likeness (QED) is 0.798. The van der Waals surface area contributed by atoms with Crippen LogP contribution in [0.5, 0.6) is 0 Å². The van der Waals surface area contributed by atoms with Crippen molar-refractivity contribution in [3.05, 3.63) is 34.9 Å². The van der Waals surface area contributed by atoms with Gasteiger partial charge in [0.05, 0.1) is 11.7 Å². The van der Waals surface area contributed by atoms with E-state index in [2.05, 4.69) is 11.8 Å². The normalized spacial score (nSPS) is 18.6. The number of amides is 1. The molecule has 0 saturated carbocycles. The van der Waals surface area contributed by atoms with Crippen molar-refractivity contribution in [3.8, 4) is 11.8 Å². The zero-order valence-corrected chi connectivity index (χ0v) is 12.6. The maximum Gasteiger partial charge on any atom is 0.255 e. The third-order valence-corrected chi connectivity index (χ3v) is 3.45. The highest BCUT2D eigenvalue weighted by Gasteiger charge is 2.22. The van der Waals surface area contributed by atoms with Crippen LogP contribution < -0.4 is 0 Å². The van der Waals surface area contributed by atoms with Gasteiger partial charge in [0.15, 0.2) is 0 Å². The molecule has 0 spiro atoms. The molecule has 2 rings (SSSR count). The summed E-state index contributed by atoms with van der Waals surface area (Å²) < 4.78 is 5.58. The second kappa shape index (κ2) is 7.26. The van der Waals surface area contributed by atoms with E-state index in [9.17, 15) is 4.79 Å². The van der Waals surface area contributed by atoms with Gasteiger partial charge in [0.25, 0.3) is 5.91 Å². The van der Waals surface area contributed by atoms with Crippen molar-refractivity contribution < 1.29 is 14.6 Å². The second-order valence-corrected chi connectivity index (χ2v) is 5.30. The van der Waals surface area contributed by atoms with E-state index in [4.69, 9.17) is 9.84 Å². The first-order valence-electron chi connectivity index (χ1n) is 7.23. The molecular weight excluding hydrogens is 266 g/mol. The molecule has 0 aliphatic carbocycles. The summed E-state index contributed by atoms with van der Waals surface area (Å²) in [6, 6.07) is 5.61. The minimum Gasteiger partial charge on any atom is -0.384 e. The highest BCUT2D eigenvalue weighted by atomic mass is 16.5. The van der Waals surface area contributed by atoms with Crippen molar-refractivity contribution in [2.24, 2.45) is 0 Å². The van der Waals surface area contributed by atoms with Crippen LogP contribution in [0.15, 0.2) is 18.2 Å². The number of aliphatic hydroxyl groups is 1.